The molecule has 1 heterocycles. The van der Waals surface area contributed by atoms with E-state index in [9.17, 15) is 4.79 Å². The largest absolute Gasteiger partial charge is 0.350 e. The number of aromatic nitrogens is 4. The van der Waals surface area contributed by atoms with Crippen LogP contribution in [0.1, 0.15) is 5.56 Å². The first-order chi connectivity index (χ1) is 8.25. The van der Waals surface area contributed by atoms with E-state index in [0.29, 0.717) is 5.82 Å². The van der Waals surface area contributed by atoms with Gasteiger partial charge in [-0.05, 0) is 10.8 Å². The first-order valence-electron chi connectivity index (χ1n) is 4.68. The van der Waals surface area contributed by atoms with Gasteiger partial charge in [-0.1, -0.05) is 24.3 Å². The molecular formula is C9H9N7O. The number of primary amides is 1. The lowest BCUT2D eigenvalue weighted by atomic mass is 10.1. The van der Waals surface area contributed by atoms with Crippen LogP contribution < -0.4 is 11.2 Å². The Balaban J connectivity index is 2.08. The summed E-state index contributed by atoms with van der Waals surface area (Å²) < 4.78 is 0. The summed E-state index contributed by atoms with van der Waals surface area (Å²) in [4.78, 5) is 10.4. The van der Waals surface area contributed by atoms with E-state index in [1.165, 1.54) is 6.21 Å². The third kappa shape index (κ3) is 2.84. The van der Waals surface area contributed by atoms with Gasteiger partial charge >= 0.3 is 6.03 Å². The number of carbonyl (C=O) groups is 1. The molecule has 1 aromatic carbocycles. The molecule has 0 unspecified atom stereocenters. The zero-order valence-corrected chi connectivity index (χ0v) is 8.66. The van der Waals surface area contributed by atoms with Gasteiger partial charge in [-0.2, -0.15) is 10.3 Å². The smallest absolute Gasteiger partial charge is 0.332 e. The minimum absolute atomic E-state index is 0.517. The van der Waals surface area contributed by atoms with Crippen LogP contribution >= 0.6 is 0 Å². The lowest BCUT2D eigenvalue weighted by Crippen LogP contribution is -2.24. The number of nitrogens with two attached hydrogens (primary N) is 1. The molecule has 0 saturated heterocycles. The maximum atomic E-state index is 10.4. The molecule has 0 atom stereocenters. The number of carbonyl (C=O) groups excluding carboxylic acids is 1. The Labute approximate surface area is 95.9 Å². The molecule has 0 bridgehead atoms. The van der Waals surface area contributed by atoms with Crippen molar-refractivity contribution in [3.63, 3.8) is 0 Å². The molecule has 2 rings (SSSR count). The zero-order chi connectivity index (χ0) is 12.1. The van der Waals surface area contributed by atoms with Crippen LogP contribution in [0.25, 0.3) is 11.4 Å². The minimum Gasteiger partial charge on any atom is -0.350 e. The highest BCUT2D eigenvalue weighted by molar-refractivity contribution is 5.82. The van der Waals surface area contributed by atoms with Gasteiger partial charge in [0.25, 0.3) is 0 Å². The number of urea groups is 1. The fourth-order valence-corrected chi connectivity index (χ4v) is 1.17. The maximum Gasteiger partial charge on any atom is 0.332 e. The Morgan fingerprint density at radius 1 is 1.41 bits per heavy atom. The Hall–Kier alpha value is -2.77. The van der Waals surface area contributed by atoms with Crippen LogP contribution in [0.3, 0.4) is 0 Å². The second kappa shape index (κ2) is 4.84. The Morgan fingerprint density at radius 3 is 2.76 bits per heavy atom. The zero-order valence-electron chi connectivity index (χ0n) is 8.66. The third-order valence-corrected chi connectivity index (χ3v) is 1.90. The number of hydrogen-bond acceptors (Lipinski definition) is 5. The Bertz CT molecular complexity index is 517. The summed E-state index contributed by atoms with van der Waals surface area (Å²) >= 11 is 0. The van der Waals surface area contributed by atoms with E-state index in [0.717, 1.165) is 11.1 Å². The van der Waals surface area contributed by atoms with E-state index in [-0.39, 0.29) is 0 Å². The highest BCUT2D eigenvalue weighted by Gasteiger charge is 2.01. The van der Waals surface area contributed by atoms with Crippen molar-refractivity contribution in [3.8, 4) is 11.4 Å². The molecule has 8 nitrogen and oxygen atoms in total. The third-order valence-electron chi connectivity index (χ3n) is 1.90. The molecule has 0 radical (unpaired) electrons. The van der Waals surface area contributed by atoms with Gasteiger partial charge in [-0.25, -0.2) is 10.2 Å². The van der Waals surface area contributed by atoms with Crippen molar-refractivity contribution in [2.45, 2.75) is 0 Å². The predicted molar refractivity (Wildman–Crippen MR) is 59.9 cm³/mol. The van der Waals surface area contributed by atoms with Gasteiger partial charge in [0.2, 0.25) is 5.82 Å². The predicted octanol–water partition coefficient (Wildman–Crippen LogP) is -0.131. The summed E-state index contributed by atoms with van der Waals surface area (Å²) in [6.07, 6.45) is 1.48. The number of rotatable bonds is 3. The van der Waals surface area contributed by atoms with E-state index in [4.69, 9.17) is 5.73 Å². The van der Waals surface area contributed by atoms with E-state index >= 15 is 0 Å². The fourth-order valence-electron chi connectivity index (χ4n) is 1.17. The SMILES string of the molecule is NC(=O)NN=Cc1ccc(-c2nn[nH]n2)cc1. The van der Waals surface area contributed by atoms with Gasteiger partial charge in [0.1, 0.15) is 0 Å². The number of benzene rings is 1. The molecule has 86 valence electrons. The Morgan fingerprint density at radius 2 is 2.18 bits per heavy atom. The van der Waals surface area contributed by atoms with E-state index in [1.54, 1.807) is 12.1 Å². The van der Waals surface area contributed by atoms with Crippen molar-refractivity contribution in [3.05, 3.63) is 29.8 Å². The molecular weight excluding hydrogens is 222 g/mol. The number of H-pyrrole nitrogens is 1. The van der Waals surface area contributed by atoms with Gasteiger partial charge in [0.05, 0.1) is 6.21 Å². The molecule has 0 fully saturated rings. The number of amides is 2. The molecule has 1 aromatic heterocycles. The van der Waals surface area contributed by atoms with Crippen LogP contribution in [-0.2, 0) is 0 Å². The van der Waals surface area contributed by atoms with Gasteiger partial charge in [0, 0.05) is 5.56 Å². The highest BCUT2D eigenvalue weighted by Crippen LogP contribution is 2.12. The second-order valence-electron chi connectivity index (χ2n) is 3.09. The van der Waals surface area contributed by atoms with Crippen LogP contribution in [0.5, 0.6) is 0 Å². The van der Waals surface area contributed by atoms with Crippen molar-refractivity contribution >= 4 is 12.2 Å². The highest BCUT2D eigenvalue weighted by atomic mass is 16.2. The van der Waals surface area contributed by atoms with Crippen LogP contribution in [0.15, 0.2) is 29.4 Å². The summed E-state index contributed by atoms with van der Waals surface area (Å²) in [6, 6.07) is 6.53. The van der Waals surface area contributed by atoms with Crippen LogP contribution in [0.2, 0.25) is 0 Å². The van der Waals surface area contributed by atoms with Gasteiger partial charge in [-0.3, -0.25) is 0 Å². The van der Waals surface area contributed by atoms with Crippen LogP contribution in [0, 0.1) is 0 Å². The molecule has 0 aliphatic heterocycles. The molecule has 4 N–H and O–H groups in total. The van der Waals surface area contributed by atoms with Crippen LogP contribution in [-0.4, -0.2) is 32.9 Å². The average Bonchev–Trinajstić information content (AvgIpc) is 2.83. The monoisotopic (exact) mass is 231 g/mol. The lowest BCUT2D eigenvalue weighted by molar-refractivity contribution is 0.249. The van der Waals surface area contributed by atoms with Crippen molar-refractivity contribution < 1.29 is 4.79 Å². The standard InChI is InChI=1S/C9H9N7O/c10-9(17)14-11-5-6-1-3-7(4-2-6)8-12-15-16-13-8/h1-5H,(H3,10,14,17)(H,12,13,15,16). The van der Waals surface area contributed by atoms with Crippen molar-refractivity contribution in [2.24, 2.45) is 10.8 Å². The molecule has 17 heavy (non-hydrogen) atoms. The summed E-state index contributed by atoms with van der Waals surface area (Å²) in [6.45, 7) is 0. The maximum absolute atomic E-state index is 10.4. The van der Waals surface area contributed by atoms with E-state index in [1.807, 2.05) is 12.1 Å². The molecule has 0 saturated carbocycles. The van der Waals surface area contributed by atoms with Crippen molar-refractivity contribution in [1.29, 1.82) is 0 Å². The van der Waals surface area contributed by atoms with E-state index < -0.39 is 6.03 Å². The summed E-state index contributed by atoms with van der Waals surface area (Å²) in [7, 11) is 0. The average molecular weight is 231 g/mol. The van der Waals surface area contributed by atoms with Crippen molar-refractivity contribution in [1.82, 2.24) is 26.0 Å². The quantitative estimate of drug-likeness (QED) is 0.503. The molecule has 2 aromatic rings. The van der Waals surface area contributed by atoms with Gasteiger partial charge < -0.3 is 5.73 Å². The molecule has 0 aliphatic rings. The number of tetrazole rings is 1. The van der Waals surface area contributed by atoms with E-state index in [2.05, 4.69) is 31.2 Å². The van der Waals surface area contributed by atoms with Gasteiger partial charge in [-0.15, -0.1) is 10.2 Å². The molecule has 0 aliphatic carbocycles. The number of nitrogens with one attached hydrogen (secondary N) is 2. The van der Waals surface area contributed by atoms with Crippen molar-refractivity contribution in [2.75, 3.05) is 0 Å². The second-order valence-corrected chi connectivity index (χ2v) is 3.09. The first kappa shape index (κ1) is 10.7. The number of hydrogen-bond donors (Lipinski definition) is 3. The lowest BCUT2D eigenvalue weighted by Gasteiger charge is -1.96. The summed E-state index contributed by atoms with van der Waals surface area (Å²) in [5.41, 5.74) is 8.60. The Kier molecular flexibility index (Phi) is 3.05. The first-order valence-corrected chi connectivity index (χ1v) is 4.68. The summed E-state index contributed by atoms with van der Waals surface area (Å²) in [5, 5.41) is 17.2. The number of nitrogens with zero attached hydrogens (tertiary/aromatic N) is 4. The molecule has 2 amide bonds. The molecule has 0 spiro atoms. The normalized spacial score (nSPS) is 10.6. The topological polar surface area (TPSA) is 122 Å². The molecule has 8 heteroatoms. The number of aromatic amines is 1. The fraction of sp³-hybridized carbons (Fsp3) is 0. The van der Waals surface area contributed by atoms with Gasteiger partial charge in [0.15, 0.2) is 0 Å². The number of hydrazone groups is 1. The van der Waals surface area contributed by atoms with Crippen LogP contribution in [0.4, 0.5) is 4.79 Å². The minimum atomic E-state index is -0.704. The summed E-state index contributed by atoms with van der Waals surface area (Å²) in [5.74, 6) is 0.517.